The van der Waals surface area contributed by atoms with E-state index in [1.807, 2.05) is 127 Å². The molecule has 71 heavy (non-hydrogen) atoms. The number of halogens is 4. The van der Waals surface area contributed by atoms with Gasteiger partial charge in [0.2, 0.25) is 0 Å². The molecule has 13 heteroatoms. The van der Waals surface area contributed by atoms with Gasteiger partial charge in [-0.2, -0.15) is 13.8 Å². The van der Waals surface area contributed by atoms with Crippen LogP contribution >= 0.6 is 23.2 Å². The third-order valence-corrected chi connectivity index (χ3v) is 13.5. The first-order valence-corrected chi connectivity index (χ1v) is 24.3. The Morgan fingerprint density at radius 2 is 1.28 bits per heavy atom. The average molecular weight is 996 g/mol. The number of hydrogen-bond acceptors (Lipinski definition) is 8. The van der Waals surface area contributed by atoms with Crippen molar-refractivity contribution in [3.8, 4) is 22.6 Å². The predicted molar refractivity (Wildman–Crippen MR) is 270 cm³/mol. The summed E-state index contributed by atoms with van der Waals surface area (Å²) in [4.78, 5) is 36.6. The molecule has 6 aromatic carbocycles. The first-order valence-electron chi connectivity index (χ1n) is 23.6. The van der Waals surface area contributed by atoms with Crippen molar-refractivity contribution >= 4 is 41.5 Å². The molecule has 0 bridgehead atoms. The molecular formula is C58H50Cl2F2N2O7. The van der Waals surface area contributed by atoms with Crippen LogP contribution in [0.15, 0.2) is 175 Å². The molecule has 1 unspecified atom stereocenters. The van der Waals surface area contributed by atoms with Gasteiger partial charge in [0.1, 0.15) is 18.3 Å². The van der Waals surface area contributed by atoms with Crippen LogP contribution in [0.1, 0.15) is 76.6 Å². The lowest BCUT2D eigenvalue weighted by molar-refractivity contribution is -0.152. The Labute approximate surface area is 421 Å². The van der Waals surface area contributed by atoms with Crippen LogP contribution < -0.4 is 9.47 Å². The molecule has 362 valence electrons. The van der Waals surface area contributed by atoms with E-state index >= 15 is 0 Å². The Hall–Kier alpha value is -6.92. The van der Waals surface area contributed by atoms with Gasteiger partial charge in [-0.15, -0.1) is 0 Å². The smallest absolute Gasteiger partial charge is 0.433 e. The summed E-state index contributed by atoms with van der Waals surface area (Å²) in [6, 6.07) is 50.2. The molecule has 9 nitrogen and oxygen atoms in total. The number of alkyl halides is 2. The van der Waals surface area contributed by atoms with Crippen LogP contribution in [0.5, 0.6) is 11.5 Å². The number of fused-ring (bicyclic) bond motifs is 3. The fraction of sp³-hybridized carbons (Fsp3) is 0.241. The number of hydrogen-bond donors (Lipinski definition) is 0. The summed E-state index contributed by atoms with van der Waals surface area (Å²) < 4.78 is 57.3. The maximum Gasteiger partial charge on any atom is 0.433 e. The first-order chi connectivity index (χ1) is 34.7. The van der Waals surface area contributed by atoms with E-state index in [4.69, 9.17) is 46.9 Å². The molecule has 1 saturated carbocycles. The highest BCUT2D eigenvalue weighted by atomic mass is 35.5. The molecule has 2 aliphatic carbocycles. The number of esters is 1. The third-order valence-electron chi connectivity index (χ3n) is 12.8. The lowest BCUT2D eigenvalue weighted by Crippen LogP contribution is -2.33. The summed E-state index contributed by atoms with van der Waals surface area (Å²) in [5, 5.41) is 0.455. The van der Waals surface area contributed by atoms with Crippen molar-refractivity contribution in [2.45, 2.75) is 56.3 Å². The number of aromatic nitrogens is 1. The summed E-state index contributed by atoms with van der Waals surface area (Å²) in [5.41, 5.74) is 6.77. The Morgan fingerprint density at radius 1 is 0.718 bits per heavy atom. The minimum absolute atomic E-state index is 0.0274. The molecule has 2 aliphatic rings. The van der Waals surface area contributed by atoms with Crippen LogP contribution in [0.3, 0.4) is 0 Å². The number of benzene rings is 6. The van der Waals surface area contributed by atoms with E-state index in [-0.39, 0.29) is 53.5 Å². The maximum atomic E-state index is 14.8. The molecule has 2 atom stereocenters. The molecule has 1 heterocycles. The normalized spacial score (nSPS) is 14.2. The Morgan fingerprint density at radius 3 is 1.85 bits per heavy atom. The fourth-order valence-electron chi connectivity index (χ4n) is 9.13. The minimum Gasteiger partial charge on any atom is -0.489 e. The fourth-order valence-corrected chi connectivity index (χ4v) is 9.65. The van der Waals surface area contributed by atoms with Crippen LogP contribution in [0, 0.1) is 11.8 Å². The zero-order chi connectivity index (χ0) is 49.2. The average Bonchev–Trinajstić information content (AvgIpc) is 4.18. The van der Waals surface area contributed by atoms with Crippen molar-refractivity contribution in [2.24, 2.45) is 16.8 Å². The van der Waals surface area contributed by atoms with E-state index in [0.29, 0.717) is 30.1 Å². The van der Waals surface area contributed by atoms with Gasteiger partial charge in [-0.3, -0.25) is 9.78 Å². The van der Waals surface area contributed by atoms with Crippen molar-refractivity contribution in [2.75, 3.05) is 19.8 Å². The van der Waals surface area contributed by atoms with Crippen LogP contribution in [0.2, 0.25) is 10.0 Å². The van der Waals surface area contributed by atoms with Gasteiger partial charge in [0.25, 0.3) is 0 Å². The number of rotatable bonds is 21. The highest BCUT2D eigenvalue weighted by Gasteiger charge is 2.38. The lowest BCUT2D eigenvalue weighted by atomic mass is 9.80. The summed E-state index contributed by atoms with van der Waals surface area (Å²) in [6.45, 7) is -2.61. The molecule has 1 fully saturated rings. The largest absolute Gasteiger partial charge is 0.489 e. The molecular weight excluding hydrogens is 946 g/mol. The molecule has 9 rings (SSSR count). The van der Waals surface area contributed by atoms with Crippen LogP contribution in [-0.4, -0.2) is 49.7 Å². The van der Waals surface area contributed by atoms with E-state index in [9.17, 15) is 18.4 Å². The van der Waals surface area contributed by atoms with E-state index in [2.05, 4.69) is 22.1 Å². The number of carbonyl (C=O) groups excluding carboxylic acids is 2. The van der Waals surface area contributed by atoms with Gasteiger partial charge in [0, 0.05) is 37.6 Å². The van der Waals surface area contributed by atoms with Crippen molar-refractivity contribution in [1.29, 1.82) is 0 Å². The number of pyridine rings is 1. The van der Waals surface area contributed by atoms with E-state index < -0.39 is 36.3 Å². The molecule has 0 spiro atoms. The SMILES string of the molecule is O=C(/N=C\C(CCCOC(c1ccccc1)(c1ccccc1)c1ccccc1)C(=O)O[C@@H](Cc1c(Cl)cncc1Cl)c1ccc(OC(F)F)c(OCC2CC2)c1)OCC1c2ccccc2-c2ccccc21. The van der Waals surface area contributed by atoms with Crippen LogP contribution in [0.4, 0.5) is 13.6 Å². The molecule has 1 aromatic heterocycles. The number of amides is 1. The van der Waals surface area contributed by atoms with Gasteiger partial charge in [-0.1, -0.05) is 169 Å². The number of ether oxygens (including phenoxy) is 5. The molecule has 0 radical (unpaired) electrons. The van der Waals surface area contributed by atoms with Crippen LogP contribution in [0.25, 0.3) is 11.1 Å². The molecule has 0 N–H and O–H groups in total. The van der Waals surface area contributed by atoms with Gasteiger partial charge >= 0.3 is 18.7 Å². The van der Waals surface area contributed by atoms with Gasteiger partial charge in [0.15, 0.2) is 11.5 Å². The lowest BCUT2D eigenvalue weighted by Gasteiger charge is -2.36. The van der Waals surface area contributed by atoms with Gasteiger partial charge in [-0.25, -0.2) is 4.79 Å². The molecule has 0 saturated heterocycles. The maximum absolute atomic E-state index is 14.8. The molecule has 7 aromatic rings. The highest BCUT2D eigenvalue weighted by Crippen LogP contribution is 2.45. The van der Waals surface area contributed by atoms with Gasteiger partial charge < -0.3 is 23.7 Å². The number of carbonyl (C=O) groups is 2. The highest BCUT2D eigenvalue weighted by molar-refractivity contribution is 6.35. The Bertz CT molecular complexity index is 2800. The monoisotopic (exact) mass is 994 g/mol. The summed E-state index contributed by atoms with van der Waals surface area (Å²) in [6.07, 6.45) is 4.47. The van der Waals surface area contributed by atoms with Crippen molar-refractivity contribution < 1.29 is 42.1 Å². The summed E-state index contributed by atoms with van der Waals surface area (Å²) >= 11 is 13.3. The van der Waals surface area contributed by atoms with E-state index in [0.717, 1.165) is 51.8 Å². The molecule has 1 amide bonds. The van der Waals surface area contributed by atoms with Gasteiger partial charge in [0.05, 0.1) is 22.6 Å². The number of aliphatic imine (C=N–C) groups is 1. The molecule has 0 aliphatic heterocycles. The third kappa shape index (κ3) is 11.7. The zero-order valence-electron chi connectivity index (χ0n) is 38.6. The van der Waals surface area contributed by atoms with Crippen molar-refractivity contribution in [3.63, 3.8) is 0 Å². The predicted octanol–water partition coefficient (Wildman–Crippen LogP) is 14.0. The van der Waals surface area contributed by atoms with Gasteiger partial charge in [-0.05, 0) is 93.8 Å². The topological polar surface area (TPSA) is 106 Å². The zero-order valence-corrected chi connectivity index (χ0v) is 40.1. The van der Waals surface area contributed by atoms with Crippen molar-refractivity contribution in [1.82, 2.24) is 4.98 Å². The summed E-state index contributed by atoms with van der Waals surface area (Å²) in [7, 11) is 0. The second kappa shape index (κ2) is 22.9. The van der Waals surface area contributed by atoms with E-state index in [1.165, 1.54) is 36.8 Å². The second-order valence-corrected chi connectivity index (χ2v) is 18.3. The number of nitrogens with zero attached hydrogens (tertiary/aromatic N) is 2. The van der Waals surface area contributed by atoms with Crippen molar-refractivity contribution in [3.05, 3.63) is 219 Å². The Balaban J connectivity index is 1.01. The first kappa shape index (κ1) is 49.1. The minimum atomic E-state index is -3.11. The standard InChI is InChI=1S/C58H50Cl2F2N2O7/c59-50-34-63-35-51(60)48(50)32-53(39-28-29-52(71-56(61)62)54(31-39)67-36-38-26-27-38)70-55(65)40(33-64-57(66)68-37-49-46-24-12-10-22-44(46)45-23-11-13-25-47(45)49)15-14-30-69-58(41-16-4-1-5-17-41,42-18-6-2-7-19-42)43-20-8-3-9-21-43/h1-13,16-25,28-29,31,33-35,38,40,49,53,56H,14-15,26-27,30,32,36-37H2/b64-33-/t40?,53-/m0/s1. The van der Waals surface area contributed by atoms with E-state index in [1.54, 1.807) is 0 Å². The second-order valence-electron chi connectivity index (χ2n) is 17.5. The Kier molecular flexibility index (Phi) is 15.8. The summed E-state index contributed by atoms with van der Waals surface area (Å²) in [5.74, 6) is -1.86. The quantitative estimate of drug-likeness (QED) is 0.0303. The van der Waals surface area contributed by atoms with Crippen LogP contribution in [-0.2, 0) is 31.0 Å².